The molecule has 0 aliphatic carbocycles. The Morgan fingerprint density at radius 2 is 2.00 bits per heavy atom. The Morgan fingerprint density at radius 3 is 2.50 bits per heavy atom. The van der Waals surface area contributed by atoms with Gasteiger partial charge in [-0.05, 0) is 12.5 Å². The summed E-state index contributed by atoms with van der Waals surface area (Å²) in [7, 11) is 0. The summed E-state index contributed by atoms with van der Waals surface area (Å²) in [6.07, 6.45) is -0.117. The molecule has 8 nitrogen and oxygen atoms in total. The normalized spacial score (nSPS) is 11.9. The van der Waals surface area contributed by atoms with Gasteiger partial charge in [0.25, 0.3) is 11.4 Å². The maximum atomic E-state index is 10.8. The SMILES string of the molecule is CCC(O)CNc1ccc([N+](=O)[O-])cc1[N+](=O)[O-]. The van der Waals surface area contributed by atoms with E-state index in [1.807, 2.05) is 0 Å². The van der Waals surface area contributed by atoms with Crippen LogP contribution in [0.15, 0.2) is 18.2 Å². The second-order valence-corrected chi connectivity index (χ2v) is 3.66. The van der Waals surface area contributed by atoms with E-state index >= 15 is 0 Å². The van der Waals surface area contributed by atoms with Gasteiger partial charge in [0.2, 0.25) is 0 Å². The van der Waals surface area contributed by atoms with Crippen molar-refractivity contribution in [1.29, 1.82) is 0 Å². The lowest BCUT2D eigenvalue weighted by atomic mass is 10.2. The molecule has 1 unspecified atom stereocenters. The molecule has 1 aromatic carbocycles. The minimum atomic E-state index is -0.701. The molecule has 18 heavy (non-hydrogen) atoms. The quantitative estimate of drug-likeness (QED) is 0.589. The number of hydrogen-bond acceptors (Lipinski definition) is 6. The van der Waals surface area contributed by atoms with Crippen LogP contribution < -0.4 is 5.32 Å². The number of nitro benzene ring substituents is 2. The zero-order chi connectivity index (χ0) is 13.7. The molecular formula is C10H13N3O5. The molecular weight excluding hydrogens is 242 g/mol. The van der Waals surface area contributed by atoms with Crippen LogP contribution in [0.25, 0.3) is 0 Å². The van der Waals surface area contributed by atoms with Gasteiger partial charge in [-0.1, -0.05) is 6.92 Å². The Bertz CT molecular complexity index is 463. The van der Waals surface area contributed by atoms with Crippen LogP contribution in [0.5, 0.6) is 0 Å². The van der Waals surface area contributed by atoms with E-state index in [-0.39, 0.29) is 23.6 Å². The predicted octanol–water partition coefficient (Wildman–Crippen LogP) is 1.69. The van der Waals surface area contributed by atoms with Crippen LogP contribution in [0, 0.1) is 20.2 Å². The average Bonchev–Trinajstić information content (AvgIpc) is 2.35. The number of aliphatic hydroxyl groups excluding tert-OH is 1. The molecule has 1 atom stereocenters. The fourth-order valence-corrected chi connectivity index (χ4v) is 1.31. The molecule has 0 saturated heterocycles. The number of nitro groups is 2. The summed E-state index contributed by atoms with van der Waals surface area (Å²) >= 11 is 0. The number of nitrogens with one attached hydrogen (secondary N) is 1. The summed E-state index contributed by atoms with van der Waals surface area (Å²) < 4.78 is 0. The van der Waals surface area contributed by atoms with Gasteiger partial charge < -0.3 is 10.4 Å². The summed E-state index contributed by atoms with van der Waals surface area (Å²) in [6.45, 7) is 1.92. The molecule has 8 heteroatoms. The summed E-state index contributed by atoms with van der Waals surface area (Å²) in [5.74, 6) is 0. The standard InChI is InChI=1S/C10H13N3O5/c1-2-8(14)6-11-9-4-3-7(12(15)16)5-10(9)13(17)18/h3-5,8,11,14H,2,6H2,1H3. The topological polar surface area (TPSA) is 119 Å². The minimum Gasteiger partial charge on any atom is -0.391 e. The number of aliphatic hydroxyl groups is 1. The summed E-state index contributed by atoms with van der Waals surface area (Å²) in [5.41, 5.74) is -0.575. The molecule has 0 fully saturated rings. The van der Waals surface area contributed by atoms with E-state index < -0.39 is 16.0 Å². The molecule has 1 aromatic rings. The maximum Gasteiger partial charge on any atom is 0.299 e. The van der Waals surface area contributed by atoms with Crippen LogP contribution in [-0.4, -0.2) is 27.6 Å². The molecule has 0 aliphatic rings. The Morgan fingerprint density at radius 1 is 1.33 bits per heavy atom. The third kappa shape index (κ3) is 3.39. The molecule has 0 radical (unpaired) electrons. The fraction of sp³-hybridized carbons (Fsp3) is 0.400. The molecule has 0 aromatic heterocycles. The van der Waals surface area contributed by atoms with E-state index in [0.717, 1.165) is 6.07 Å². The smallest absolute Gasteiger partial charge is 0.299 e. The van der Waals surface area contributed by atoms with Gasteiger partial charge in [-0.3, -0.25) is 20.2 Å². The predicted molar refractivity (Wildman–Crippen MR) is 64.5 cm³/mol. The Kier molecular flexibility index (Phi) is 4.55. The van der Waals surface area contributed by atoms with Crippen molar-refractivity contribution in [2.45, 2.75) is 19.4 Å². The van der Waals surface area contributed by atoms with Crippen LogP contribution in [0.1, 0.15) is 13.3 Å². The summed E-state index contributed by atoms with van der Waals surface area (Å²) in [6, 6.07) is 3.33. The maximum absolute atomic E-state index is 10.8. The first kappa shape index (κ1) is 13.8. The molecule has 0 aliphatic heterocycles. The van der Waals surface area contributed by atoms with Crippen molar-refractivity contribution in [2.24, 2.45) is 0 Å². The van der Waals surface area contributed by atoms with E-state index in [1.165, 1.54) is 12.1 Å². The number of hydrogen-bond donors (Lipinski definition) is 2. The van der Waals surface area contributed by atoms with E-state index in [0.29, 0.717) is 6.42 Å². The van der Waals surface area contributed by atoms with Gasteiger partial charge in [0, 0.05) is 12.6 Å². The van der Waals surface area contributed by atoms with Crippen molar-refractivity contribution in [3.8, 4) is 0 Å². The number of rotatable bonds is 6. The second-order valence-electron chi connectivity index (χ2n) is 3.66. The van der Waals surface area contributed by atoms with Crippen molar-refractivity contribution in [3.05, 3.63) is 38.4 Å². The van der Waals surface area contributed by atoms with Gasteiger partial charge in [0.15, 0.2) is 0 Å². The minimum absolute atomic E-state index is 0.148. The molecule has 0 saturated carbocycles. The van der Waals surface area contributed by atoms with E-state index in [2.05, 4.69) is 5.32 Å². The molecule has 0 amide bonds. The lowest BCUT2D eigenvalue weighted by Crippen LogP contribution is -2.18. The van der Waals surface area contributed by atoms with Gasteiger partial charge in [-0.2, -0.15) is 0 Å². The van der Waals surface area contributed by atoms with Gasteiger partial charge in [0.05, 0.1) is 22.0 Å². The molecule has 0 heterocycles. The Hall–Kier alpha value is -2.22. The first-order chi connectivity index (χ1) is 8.45. The van der Waals surface area contributed by atoms with Crippen molar-refractivity contribution < 1.29 is 15.0 Å². The fourth-order valence-electron chi connectivity index (χ4n) is 1.31. The van der Waals surface area contributed by atoms with Crippen molar-refractivity contribution in [1.82, 2.24) is 0 Å². The van der Waals surface area contributed by atoms with Crippen molar-refractivity contribution in [2.75, 3.05) is 11.9 Å². The molecule has 2 N–H and O–H groups in total. The van der Waals surface area contributed by atoms with Crippen LogP contribution in [0.4, 0.5) is 17.1 Å². The Balaban J connectivity index is 2.97. The highest BCUT2D eigenvalue weighted by molar-refractivity contribution is 5.65. The molecule has 0 spiro atoms. The summed E-state index contributed by atoms with van der Waals surface area (Å²) in [5, 5.41) is 33.4. The molecule has 98 valence electrons. The van der Waals surface area contributed by atoms with Crippen molar-refractivity contribution in [3.63, 3.8) is 0 Å². The monoisotopic (exact) mass is 255 g/mol. The van der Waals surface area contributed by atoms with Crippen LogP contribution in [0.3, 0.4) is 0 Å². The van der Waals surface area contributed by atoms with Crippen LogP contribution in [0.2, 0.25) is 0 Å². The Labute approximate surface area is 103 Å². The lowest BCUT2D eigenvalue weighted by molar-refractivity contribution is -0.393. The van der Waals surface area contributed by atoms with Crippen molar-refractivity contribution >= 4 is 17.1 Å². The van der Waals surface area contributed by atoms with E-state index in [1.54, 1.807) is 6.92 Å². The lowest BCUT2D eigenvalue weighted by Gasteiger charge is -2.10. The van der Waals surface area contributed by atoms with Gasteiger partial charge in [0.1, 0.15) is 5.69 Å². The van der Waals surface area contributed by atoms with E-state index in [4.69, 9.17) is 0 Å². The molecule has 0 bridgehead atoms. The van der Waals surface area contributed by atoms with Crippen LogP contribution in [-0.2, 0) is 0 Å². The highest BCUT2D eigenvalue weighted by Gasteiger charge is 2.19. The highest BCUT2D eigenvalue weighted by Crippen LogP contribution is 2.28. The number of anilines is 1. The van der Waals surface area contributed by atoms with E-state index in [9.17, 15) is 25.3 Å². The van der Waals surface area contributed by atoms with Gasteiger partial charge in [-0.25, -0.2) is 0 Å². The first-order valence-corrected chi connectivity index (χ1v) is 5.30. The number of nitrogens with zero attached hydrogens (tertiary/aromatic N) is 2. The molecule has 1 rings (SSSR count). The van der Waals surface area contributed by atoms with Crippen LogP contribution >= 0.6 is 0 Å². The zero-order valence-electron chi connectivity index (χ0n) is 9.70. The summed E-state index contributed by atoms with van der Waals surface area (Å²) in [4.78, 5) is 19.9. The largest absolute Gasteiger partial charge is 0.391 e. The average molecular weight is 255 g/mol. The zero-order valence-corrected chi connectivity index (χ0v) is 9.70. The number of non-ortho nitro benzene ring substituents is 1. The number of benzene rings is 1. The van der Waals surface area contributed by atoms with Gasteiger partial charge >= 0.3 is 0 Å². The van der Waals surface area contributed by atoms with Gasteiger partial charge in [-0.15, -0.1) is 0 Å². The highest BCUT2D eigenvalue weighted by atomic mass is 16.6. The first-order valence-electron chi connectivity index (χ1n) is 5.30. The third-order valence-electron chi connectivity index (χ3n) is 2.39. The second kappa shape index (κ2) is 5.92. The third-order valence-corrected chi connectivity index (χ3v) is 2.39.